The Labute approximate surface area is 359 Å². The first kappa shape index (κ1) is 52.8. The predicted octanol–water partition coefficient (Wildman–Crippen LogP) is -0.878. The van der Waals surface area contributed by atoms with Gasteiger partial charge in [-0.05, 0) is 11.8 Å². The number of thioether (sulfide) groups is 1. The summed E-state index contributed by atoms with van der Waals surface area (Å²) < 4.78 is 48.8. The van der Waals surface area contributed by atoms with Gasteiger partial charge in [-0.2, -0.15) is 0 Å². The van der Waals surface area contributed by atoms with Crippen LogP contribution in [0.4, 0.5) is 0 Å². The van der Waals surface area contributed by atoms with Gasteiger partial charge in [0.2, 0.25) is 17.7 Å². The van der Waals surface area contributed by atoms with E-state index in [1.54, 1.807) is 30.3 Å². The molecule has 2 aromatic rings. The minimum atomic E-state index is -1.20. The second-order valence-electron chi connectivity index (χ2n) is 12.4. The van der Waals surface area contributed by atoms with Crippen LogP contribution in [0.1, 0.15) is 15.9 Å². The van der Waals surface area contributed by atoms with Crippen molar-refractivity contribution in [2.45, 2.75) is 17.6 Å². The summed E-state index contributed by atoms with van der Waals surface area (Å²) in [5.41, 5.74) is 1.14. The monoisotopic (exact) mass is 884 g/mol. The molecular formula is C39H60N6O15S. The van der Waals surface area contributed by atoms with E-state index < -0.39 is 36.3 Å². The van der Waals surface area contributed by atoms with Crippen LogP contribution in [0.3, 0.4) is 0 Å². The SMILES string of the molecule is CSc1ncc(C(=O)NCCOCCOCCOCCOCCOCCOCCOCCOCCOCC(=O)NCC(=O)NCC(=O)N[C@@H](Cc2ccccc2)C(=O)O)cn1. The summed E-state index contributed by atoms with van der Waals surface area (Å²) in [4.78, 5) is 67.7. The third-order valence-electron chi connectivity index (χ3n) is 7.62. The van der Waals surface area contributed by atoms with Crippen molar-refractivity contribution in [1.29, 1.82) is 0 Å². The van der Waals surface area contributed by atoms with Gasteiger partial charge in [-0.1, -0.05) is 42.1 Å². The van der Waals surface area contributed by atoms with Crippen LogP contribution in [-0.4, -0.2) is 196 Å². The van der Waals surface area contributed by atoms with Crippen molar-refractivity contribution in [3.63, 3.8) is 0 Å². The zero-order valence-corrected chi connectivity index (χ0v) is 35.5. The van der Waals surface area contributed by atoms with E-state index in [1.807, 2.05) is 6.26 Å². The quantitative estimate of drug-likeness (QED) is 0.0310. The number of hydrogen-bond acceptors (Lipinski definition) is 17. The highest BCUT2D eigenvalue weighted by Gasteiger charge is 2.20. The van der Waals surface area contributed by atoms with Gasteiger partial charge in [0.25, 0.3) is 5.91 Å². The second-order valence-corrected chi connectivity index (χ2v) is 13.1. The number of carbonyl (C=O) groups excluding carboxylic acids is 4. The van der Waals surface area contributed by atoms with E-state index in [4.69, 9.17) is 42.6 Å². The fourth-order valence-electron chi connectivity index (χ4n) is 4.57. The number of carbonyl (C=O) groups is 5. The molecule has 61 heavy (non-hydrogen) atoms. The van der Waals surface area contributed by atoms with E-state index in [0.29, 0.717) is 116 Å². The minimum Gasteiger partial charge on any atom is -0.480 e. The van der Waals surface area contributed by atoms with Gasteiger partial charge < -0.3 is 69.0 Å². The molecule has 0 spiro atoms. The summed E-state index contributed by atoms with van der Waals surface area (Å²) in [7, 11) is 0. The van der Waals surface area contributed by atoms with Crippen LogP contribution in [-0.2, 0) is 68.2 Å². The third-order valence-corrected chi connectivity index (χ3v) is 8.20. The van der Waals surface area contributed by atoms with Crippen LogP contribution < -0.4 is 21.3 Å². The zero-order chi connectivity index (χ0) is 44.0. The van der Waals surface area contributed by atoms with E-state index in [0.717, 1.165) is 5.56 Å². The summed E-state index contributed by atoms with van der Waals surface area (Å²) in [6, 6.07) is 7.67. The maximum absolute atomic E-state index is 12.1. The Bertz CT molecular complexity index is 1480. The molecule has 342 valence electrons. The Morgan fingerprint density at radius 3 is 1.46 bits per heavy atom. The highest BCUT2D eigenvalue weighted by Crippen LogP contribution is 2.07. The average Bonchev–Trinajstić information content (AvgIpc) is 3.27. The number of nitrogens with zero attached hydrogens (tertiary/aromatic N) is 2. The molecule has 21 nitrogen and oxygen atoms in total. The Balaban J connectivity index is 1.23. The van der Waals surface area contributed by atoms with Crippen LogP contribution in [0, 0.1) is 0 Å². The van der Waals surface area contributed by atoms with Crippen molar-refractivity contribution in [2.75, 3.05) is 145 Å². The molecule has 0 radical (unpaired) electrons. The van der Waals surface area contributed by atoms with Crippen molar-refractivity contribution in [2.24, 2.45) is 0 Å². The molecule has 1 heterocycles. The number of benzene rings is 1. The van der Waals surface area contributed by atoms with E-state index >= 15 is 0 Å². The summed E-state index contributed by atoms with van der Waals surface area (Å²) in [5.74, 6) is -3.27. The average molecular weight is 885 g/mol. The van der Waals surface area contributed by atoms with Crippen LogP contribution in [0.2, 0.25) is 0 Å². The van der Waals surface area contributed by atoms with Gasteiger partial charge in [0.05, 0.1) is 131 Å². The lowest BCUT2D eigenvalue weighted by molar-refractivity contribution is -0.141. The van der Waals surface area contributed by atoms with Gasteiger partial charge in [0.1, 0.15) is 12.6 Å². The fraction of sp³-hybridized carbons (Fsp3) is 0.615. The Hall–Kier alpha value is -4.36. The summed E-state index contributed by atoms with van der Waals surface area (Å²) in [6.07, 6.45) is 4.95. The molecule has 1 aromatic carbocycles. The molecule has 22 heteroatoms. The lowest BCUT2D eigenvalue weighted by Crippen LogP contribution is -2.48. The van der Waals surface area contributed by atoms with Crippen LogP contribution in [0.15, 0.2) is 47.9 Å². The van der Waals surface area contributed by atoms with Crippen LogP contribution in [0.5, 0.6) is 0 Å². The highest BCUT2D eigenvalue weighted by atomic mass is 32.2. The standard InChI is InChI=1S/C39H60N6O15S/c1-61-39-43-26-32(27-44-39)37(49)40-7-8-52-9-10-53-11-12-54-13-14-55-15-16-56-17-18-57-19-20-58-21-22-59-23-24-60-30-36(48)42-28-34(46)41-29-35(47)45-33(38(50)51)25-31-5-3-2-4-6-31/h2-6,26-27,33H,7-25,28-30H2,1H3,(H,40,49)(H,41,46)(H,42,48)(H,45,47)(H,50,51)/t33-/m0/s1. The van der Waals surface area contributed by atoms with Gasteiger partial charge in [-0.15, -0.1) is 0 Å². The number of aromatic nitrogens is 2. The molecule has 1 atom stereocenters. The lowest BCUT2D eigenvalue weighted by Gasteiger charge is -2.15. The lowest BCUT2D eigenvalue weighted by atomic mass is 10.1. The number of ether oxygens (including phenoxy) is 9. The highest BCUT2D eigenvalue weighted by molar-refractivity contribution is 7.98. The summed E-state index contributed by atoms with van der Waals surface area (Å²) in [6.45, 7) is 5.82. The molecule has 0 saturated carbocycles. The van der Waals surface area contributed by atoms with E-state index in [2.05, 4.69) is 31.2 Å². The predicted molar refractivity (Wildman–Crippen MR) is 219 cm³/mol. The maximum Gasteiger partial charge on any atom is 0.326 e. The first-order valence-corrected chi connectivity index (χ1v) is 20.9. The van der Waals surface area contributed by atoms with Gasteiger partial charge >= 0.3 is 5.97 Å². The number of rotatable bonds is 39. The van der Waals surface area contributed by atoms with Crippen LogP contribution in [0.25, 0.3) is 0 Å². The van der Waals surface area contributed by atoms with E-state index in [1.165, 1.54) is 24.2 Å². The molecule has 0 fully saturated rings. The van der Waals surface area contributed by atoms with Crippen molar-refractivity contribution >= 4 is 41.4 Å². The Morgan fingerprint density at radius 2 is 1.00 bits per heavy atom. The number of aliphatic carboxylic acids is 1. The first-order chi connectivity index (χ1) is 29.8. The minimum absolute atomic E-state index is 0.0926. The third kappa shape index (κ3) is 29.5. The first-order valence-electron chi connectivity index (χ1n) is 19.7. The van der Waals surface area contributed by atoms with Crippen molar-refractivity contribution < 1.29 is 71.7 Å². The molecule has 0 aliphatic rings. The number of carboxylic acid groups (broad SMARTS) is 1. The van der Waals surface area contributed by atoms with Crippen molar-refractivity contribution in [3.05, 3.63) is 53.9 Å². The van der Waals surface area contributed by atoms with E-state index in [9.17, 15) is 29.1 Å². The smallest absolute Gasteiger partial charge is 0.326 e. The largest absolute Gasteiger partial charge is 0.480 e. The molecular weight excluding hydrogens is 825 g/mol. The summed E-state index contributed by atoms with van der Waals surface area (Å²) >= 11 is 1.41. The van der Waals surface area contributed by atoms with Gasteiger partial charge in [-0.25, -0.2) is 14.8 Å². The van der Waals surface area contributed by atoms with Gasteiger partial charge in [0.15, 0.2) is 5.16 Å². The second kappa shape index (κ2) is 36.3. The molecule has 2 rings (SSSR count). The summed E-state index contributed by atoms with van der Waals surface area (Å²) in [5, 5.41) is 19.8. The van der Waals surface area contributed by atoms with Crippen molar-refractivity contribution in [3.8, 4) is 0 Å². The van der Waals surface area contributed by atoms with Gasteiger partial charge in [0, 0.05) is 25.4 Å². The number of amides is 4. The number of carboxylic acids is 1. The molecule has 0 aliphatic heterocycles. The van der Waals surface area contributed by atoms with Crippen LogP contribution >= 0.6 is 11.8 Å². The fourth-order valence-corrected chi connectivity index (χ4v) is 4.88. The molecule has 0 saturated heterocycles. The van der Waals surface area contributed by atoms with Gasteiger partial charge in [-0.3, -0.25) is 19.2 Å². The molecule has 0 bridgehead atoms. The number of hydrogen-bond donors (Lipinski definition) is 5. The zero-order valence-electron chi connectivity index (χ0n) is 34.6. The maximum atomic E-state index is 12.1. The van der Waals surface area contributed by atoms with E-state index in [-0.39, 0.29) is 38.7 Å². The normalized spacial score (nSPS) is 11.5. The van der Waals surface area contributed by atoms with Crippen molar-refractivity contribution in [1.82, 2.24) is 31.2 Å². The number of nitrogens with one attached hydrogen (secondary N) is 4. The molecule has 5 N–H and O–H groups in total. The Kier molecular flexibility index (Phi) is 31.4. The molecule has 4 amide bonds. The molecule has 0 unspecified atom stereocenters. The topological polar surface area (TPSA) is 263 Å². The molecule has 0 aliphatic carbocycles. The molecule has 1 aromatic heterocycles. The Morgan fingerprint density at radius 1 is 0.574 bits per heavy atom.